The third-order valence-electron chi connectivity index (χ3n) is 5.43. The van der Waals surface area contributed by atoms with Gasteiger partial charge in [0.15, 0.2) is 0 Å². The standard InChI is InChI=1S/C24H26N4O/c1-18-6-5-9-21(14-18)27-23-17-25-22(16-26-23)24(29)28-12-10-20(11-13-28)15-19-7-3-2-4-8-19/h2-9,14,16-17,20H,10-13,15H2,1H3,(H,26,27). The summed E-state index contributed by atoms with van der Waals surface area (Å²) in [6, 6.07) is 18.6. The van der Waals surface area contributed by atoms with Crippen molar-refractivity contribution >= 4 is 17.4 Å². The second-order valence-corrected chi connectivity index (χ2v) is 7.71. The fraction of sp³-hybridized carbons (Fsp3) is 0.292. The van der Waals surface area contributed by atoms with Gasteiger partial charge in [0.05, 0.1) is 12.4 Å². The summed E-state index contributed by atoms with van der Waals surface area (Å²) in [7, 11) is 0. The van der Waals surface area contributed by atoms with Crippen LogP contribution in [0.15, 0.2) is 67.0 Å². The third kappa shape index (κ3) is 4.99. The van der Waals surface area contributed by atoms with E-state index in [1.54, 1.807) is 12.4 Å². The van der Waals surface area contributed by atoms with Crippen molar-refractivity contribution in [2.24, 2.45) is 5.92 Å². The summed E-state index contributed by atoms with van der Waals surface area (Å²) in [4.78, 5) is 23.4. The lowest BCUT2D eigenvalue weighted by atomic mass is 9.90. The van der Waals surface area contributed by atoms with E-state index in [0.29, 0.717) is 17.4 Å². The first-order valence-electron chi connectivity index (χ1n) is 10.2. The highest BCUT2D eigenvalue weighted by Gasteiger charge is 2.24. The SMILES string of the molecule is Cc1cccc(Nc2cnc(C(=O)N3CCC(Cc4ccccc4)CC3)cn2)c1. The maximum Gasteiger partial charge on any atom is 0.274 e. The van der Waals surface area contributed by atoms with Crippen molar-refractivity contribution < 1.29 is 4.79 Å². The summed E-state index contributed by atoms with van der Waals surface area (Å²) < 4.78 is 0. The lowest BCUT2D eigenvalue weighted by Crippen LogP contribution is -2.39. The Morgan fingerprint density at radius 2 is 1.83 bits per heavy atom. The van der Waals surface area contributed by atoms with E-state index in [1.807, 2.05) is 42.2 Å². The largest absolute Gasteiger partial charge is 0.339 e. The number of aryl methyl sites for hydroxylation is 1. The van der Waals surface area contributed by atoms with Gasteiger partial charge < -0.3 is 10.2 Å². The van der Waals surface area contributed by atoms with Crippen LogP contribution in [-0.4, -0.2) is 33.9 Å². The van der Waals surface area contributed by atoms with Crippen LogP contribution < -0.4 is 5.32 Å². The zero-order valence-corrected chi connectivity index (χ0v) is 16.7. The van der Waals surface area contributed by atoms with Gasteiger partial charge in [-0.3, -0.25) is 4.79 Å². The molecule has 3 aromatic rings. The van der Waals surface area contributed by atoms with Crippen molar-refractivity contribution in [3.05, 3.63) is 83.8 Å². The first kappa shape index (κ1) is 19.1. The van der Waals surface area contributed by atoms with Crippen LogP contribution >= 0.6 is 0 Å². The Hall–Kier alpha value is -3.21. The van der Waals surface area contributed by atoms with Gasteiger partial charge in [-0.25, -0.2) is 9.97 Å². The number of carbonyl (C=O) groups is 1. The highest BCUT2D eigenvalue weighted by Crippen LogP contribution is 2.23. The van der Waals surface area contributed by atoms with Gasteiger partial charge in [0.25, 0.3) is 5.91 Å². The number of nitrogens with zero attached hydrogens (tertiary/aromatic N) is 3. The van der Waals surface area contributed by atoms with Crippen LogP contribution in [0.3, 0.4) is 0 Å². The molecule has 1 saturated heterocycles. The zero-order chi connectivity index (χ0) is 20.1. The lowest BCUT2D eigenvalue weighted by Gasteiger charge is -2.31. The Bertz CT molecular complexity index is 948. The Balaban J connectivity index is 1.32. The quantitative estimate of drug-likeness (QED) is 0.695. The van der Waals surface area contributed by atoms with Crippen LogP contribution in [0.25, 0.3) is 0 Å². The molecule has 0 bridgehead atoms. The average Bonchev–Trinajstić information content (AvgIpc) is 2.75. The number of aromatic nitrogens is 2. The third-order valence-corrected chi connectivity index (χ3v) is 5.43. The van der Waals surface area contributed by atoms with Crippen molar-refractivity contribution in [1.82, 2.24) is 14.9 Å². The number of hydrogen-bond acceptors (Lipinski definition) is 4. The van der Waals surface area contributed by atoms with Crippen molar-refractivity contribution in [3.63, 3.8) is 0 Å². The Labute approximate surface area is 171 Å². The van der Waals surface area contributed by atoms with E-state index >= 15 is 0 Å². The first-order valence-corrected chi connectivity index (χ1v) is 10.2. The molecule has 1 aliphatic heterocycles. The van der Waals surface area contributed by atoms with E-state index in [-0.39, 0.29) is 5.91 Å². The Kier molecular flexibility index (Phi) is 5.84. The van der Waals surface area contributed by atoms with Crippen LogP contribution in [0, 0.1) is 12.8 Å². The minimum absolute atomic E-state index is 0.0298. The predicted molar refractivity (Wildman–Crippen MR) is 115 cm³/mol. The summed E-state index contributed by atoms with van der Waals surface area (Å²) in [5.41, 5.74) is 3.91. The van der Waals surface area contributed by atoms with Crippen LogP contribution in [0.2, 0.25) is 0 Å². The van der Waals surface area contributed by atoms with Gasteiger partial charge in [-0.15, -0.1) is 0 Å². The molecule has 5 heteroatoms. The van der Waals surface area contributed by atoms with Crippen molar-refractivity contribution in [1.29, 1.82) is 0 Å². The minimum Gasteiger partial charge on any atom is -0.339 e. The first-order chi connectivity index (χ1) is 14.2. The molecule has 0 spiro atoms. The van der Waals surface area contributed by atoms with Gasteiger partial charge in [0, 0.05) is 18.8 Å². The van der Waals surface area contributed by atoms with Gasteiger partial charge in [0.1, 0.15) is 11.5 Å². The van der Waals surface area contributed by atoms with E-state index in [0.717, 1.165) is 38.0 Å². The fourth-order valence-corrected chi connectivity index (χ4v) is 3.82. The molecular formula is C24H26N4O. The highest BCUT2D eigenvalue weighted by molar-refractivity contribution is 5.92. The summed E-state index contributed by atoms with van der Waals surface area (Å²) in [6.07, 6.45) is 6.33. The predicted octanol–water partition coefficient (Wildman–Crippen LogP) is 4.62. The number of anilines is 2. The molecule has 0 saturated carbocycles. The number of benzene rings is 2. The number of rotatable bonds is 5. The molecular weight excluding hydrogens is 360 g/mol. The van der Waals surface area contributed by atoms with Gasteiger partial charge in [-0.05, 0) is 55.4 Å². The van der Waals surface area contributed by atoms with Crippen LogP contribution in [0.4, 0.5) is 11.5 Å². The Morgan fingerprint density at radius 3 is 2.52 bits per heavy atom. The lowest BCUT2D eigenvalue weighted by molar-refractivity contribution is 0.0684. The van der Waals surface area contributed by atoms with Crippen molar-refractivity contribution in [2.75, 3.05) is 18.4 Å². The van der Waals surface area contributed by atoms with Crippen LogP contribution in [0.5, 0.6) is 0 Å². The van der Waals surface area contributed by atoms with Crippen LogP contribution in [-0.2, 0) is 6.42 Å². The molecule has 0 unspecified atom stereocenters. The summed E-state index contributed by atoms with van der Waals surface area (Å²) in [5, 5.41) is 3.22. The molecule has 2 heterocycles. The molecule has 5 nitrogen and oxygen atoms in total. The monoisotopic (exact) mass is 386 g/mol. The van der Waals surface area contributed by atoms with Crippen molar-refractivity contribution in [2.45, 2.75) is 26.2 Å². The van der Waals surface area contributed by atoms with E-state index in [4.69, 9.17) is 0 Å². The topological polar surface area (TPSA) is 58.1 Å². The number of likely N-dealkylation sites (tertiary alicyclic amines) is 1. The number of piperidine rings is 1. The van der Waals surface area contributed by atoms with Gasteiger partial charge in [-0.1, -0.05) is 42.5 Å². The molecule has 1 fully saturated rings. The molecule has 1 aliphatic rings. The minimum atomic E-state index is -0.0298. The molecule has 148 valence electrons. The summed E-state index contributed by atoms with van der Waals surface area (Å²) >= 11 is 0. The molecule has 1 amide bonds. The normalized spacial score (nSPS) is 14.6. The van der Waals surface area contributed by atoms with Gasteiger partial charge in [-0.2, -0.15) is 0 Å². The second kappa shape index (κ2) is 8.86. The number of nitrogens with one attached hydrogen (secondary N) is 1. The molecule has 4 rings (SSSR count). The van der Waals surface area contributed by atoms with Crippen LogP contribution in [0.1, 0.15) is 34.5 Å². The molecule has 0 atom stereocenters. The average molecular weight is 386 g/mol. The fourth-order valence-electron chi connectivity index (χ4n) is 3.82. The summed E-state index contributed by atoms with van der Waals surface area (Å²) in [6.45, 7) is 3.60. The smallest absolute Gasteiger partial charge is 0.274 e. The van der Waals surface area contributed by atoms with E-state index < -0.39 is 0 Å². The molecule has 29 heavy (non-hydrogen) atoms. The van der Waals surface area contributed by atoms with E-state index in [2.05, 4.69) is 39.6 Å². The molecule has 1 N–H and O–H groups in total. The molecule has 1 aromatic heterocycles. The van der Waals surface area contributed by atoms with Crippen molar-refractivity contribution in [3.8, 4) is 0 Å². The zero-order valence-electron chi connectivity index (χ0n) is 16.7. The molecule has 2 aromatic carbocycles. The summed E-state index contributed by atoms with van der Waals surface area (Å²) in [5.74, 6) is 1.24. The maximum atomic E-state index is 12.8. The van der Waals surface area contributed by atoms with E-state index in [1.165, 1.54) is 11.1 Å². The molecule has 0 aliphatic carbocycles. The second-order valence-electron chi connectivity index (χ2n) is 7.71. The number of hydrogen-bond donors (Lipinski definition) is 1. The number of amides is 1. The van der Waals surface area contributed by atoms with Gasteiger partial charge in [0.2, 0.25) is 0 Å². The maximum absolute atomic E-state index is 12.8. The highest BCUT2D eigenvalue weighted by atomic mass is 16.2. The molecule has 0 radical (unpaired) electrons. The van der Waals surface area contributed by atoms with E-state index in [9.17, 15) is 4.79 Å². The van der Waals surface area contributed by atoms with Gasteiger partial charge >= 0.3 is 0 Å². The number of carbonyl (C=O) groups excluding carboxylic acids is 1. The Morgan fingerprint density at radius 1 is 1.03 bits per heavy atom.